The molecule has 0 bridgehead atoms. The van der Waals surface area contributed by atoms with E-state index < -0.39 is 0 Å². The van der Waals surface area contributed by atoms with Crippen LogP contribution in [0.5, 0.6) is 0 Å². The van der Waals surface area contributed by atoms with Gasteiger partial charge in [-0.2, -0.15) is 0 Å². The Bertz CT molecular complexity index is 3120. The lowest BCUT2D eigenvalue weighted by atomic mass is 9.84. The van der Waals surface area contributed by atoms with Crippen LogP contribution in [-0.4, -0.2) is 9.13 Å². The van der Waals surface area contributed by atoms with E-state index in [1.54, 1.807) is 0 Å². The van der Waals surface area contributed by atoms with Crippen LogP contribution in [0.3, 0.4) is 0 Å². The first-order valence-electron chi connectivity index (χ1n) is 18.4. The summed E-state index contributed by atoms with van der Waals surface area (Å²) in [6, 6.07) is 59.4. The van der Waals surface area contributed by atoms with Crippen LogP contribution in [0.2, 0.25) is 0 Å². The van der Waals surface area contributed by atoms with Gasteiger partial charge in [-0.25, -0.2) is 0 Å². The average Bonchev–Trinajstić information content (AvgIpc) is 3.70. The van der Waals surface area contributed by atoms with Crippen LogP contribution in [0, 0.1) is 0 Å². The lowest BCUT2D eigenvalue weighted by molar-refractivity contribution is 0.869. The molecule has 0 N–H and O–H groups in total. The summed E-state index contributed by atoms with van der Waals surface area (Å²) in [6.07, 6.45) is 0. The van der Waals surface area contributed by atoms with E-state index >= 15 is 0 Å². The van der Waals surface area contributed by atoms with Crippen molar-refractivity contribution in [2.45, 2.75) is 13.1 Å². The van der Waals surface area contributed by atoms with Gasteiger partial charge in [0, 0.05) is 56.2 Å². The van der Waals surface area contributed by atoms with Gasteiger partial charge in [-0.1, -0.05) is 133 Å². The summed E-state index contributed by atoms with van der Waals surface area (Å²) < 4.78 is 5.18. The van der Waals surface area contributed by atoms with Gasteiger partial charge in [0.15, 0.2) is 0 Å². The molecular weight excluding hydrogens is 629 g/mol. The van der Waals surface area contributed by atoms with Crippen molar-refractivity contribution in [3.05, 3.63) is 169 Å². The van der Waals surface area contributed by atoms with E-state index in [1.807, 2.05) is 0 Å². The summed E-state index contributed by atoms with van der Waals surface area (Å²) >= 11 is 0. The molecule has 13 aromatic rings. The van der Waals surface area contributed by atoms with Crippen LogP contribution in [-0.2, 0) is 13.1 Å². The van der Waals surface area contributed by atoms with Gasteiger partial charge in [-0.3, -0.25) is 0 Å². The number of hydrogen-bond donors (Lipinski definition) is 0. The van der Waals surface area contributed by atoms with E-state index in [4.69, 9.17) is 0 Å². The summed E-state index contributed by atoms with van der Waals surface area (Å²) in [5.41, 5.74) is 7.82. The molecule has 0 spiro atoms. The summed E-state index contributed by atoms with van der Waals surface area (Å²) in [5, 5.41) is 21.7. The second-order valence-corrected chi connectivity index (χ2v) is 14.8. The first-order chi connectivity index (χ1) is 25.8. The molecule has 0 amide bonds. The molecule has 52 heavy (non-hydrogen) atoms. The Morgan fingerprint density at radius 3 is 0.788 bits per heavy atom. The molecule has 0 aliphatic rings. The largest absolute Gasteiger partial charge is 0.336 e. The maximum Gasteiger partial charge on any atom is 0.0501 e. The molecule has 0 radical (unpaired) electrons. The number of nitrogens with zero attached hydrogens (tertiary/aromatic N) is 2. The third-order valence-electron chi connectivity index (χ3n) is 12.3. The predicted molar refractivity (Wildman–Crippen MR) is 222 cm³/mol. The second-order valence-electron chi connectivity index (χ2n) is 14.8. The van der Waals surface area contributed by atoms with E-state index in [1.165, 1.54) is 119 Å². The Hall–Kier alpha value is -6.64. The lowest BCUT2D eigenvalue weighted by Gasteiger charge is -2.17. The molecule has 13 rings (SSSR count). The SMILES string of the molecule is c1ccc(Cn2c3ccc4c5ccccc5c5ccc6c7c5c4c3c3c4c(ccc32)c2ccccc2c2ccc(c7c24)n6Cc2ccccc2)cc1. The maximum absolute atomic E-state index is 2.59. The molecule has 0 fully saturated rings. The van der Waals surface area contributed by atoms with Gasteiger partial charge in [0.2, 0.25) is 0 Å². The average molecular weight is 659 g/mol. The van der Waals surface area contributed by atoms with Gasteiger partial charge in [0.25, 0.3) is 0 Å². The van der Waals surface area contributed by atoms with Gasteiger partial charge in [0.05, 0.1) is 22.1 Å². The number of aromatic nitrogens is 2. The van der Waals surface area contributed by atoms with Gasteiger partial charge < -0.3 is 9.13 Å². The summed E-state index contributed by atoms with van der Waals surface area (Å²) in [5.74, 6) is 0. The van der Waals surface area contributed by atoms with Crippen molar-refractivity contribution in [2.75, 3.05) is 0 Å². The zero-order valence-corrected chi connectivity index (χ0v) is 28.3. The zero-order valence-electron chi connectivity index (χ0n) is 28.3. The Morgan fingerprint density at radius 1 is 0.231 bits per heavy atom. The zero-order chi connectivity index (χ0) is 33.7. The molecule has 0 saturated carbocycles. The fraction of sp³-hybridized carbons (Fsp3) is 0.0400. The number of rotatable bonds is 4. The minimum absolute atomic E-state index is 0.815. The second kappa shape index (κ2) is 9.57. The smallest absolute Gasteiger partial charge is 0.0501 e. The van der Waals surface area contributed by atoms with E-state index in [-0.39, 0.29) is 0 Å². The van der Waals surface area contributed by atoms with Crippen LogP contribution in [0.15, 0.2) is 158 Å². The van der Waals surface area contributed by atoms with Gasteiger partial charge >= 0.3 is 0 Å². The highest BCUT2D eigenvalue weighted by molar-refractivity contribution is 6.50. The third kappa shape index (κ3) is 3.22. The minimum Gasteiger partial charge on any atom is -0.336 e. The van der Waals surface area contributed by atoms with Crippen molar-refractivity contribution in [2.24, 2.45) is 0 Å². The van der Waals surface area contributed by atoms with Crippen molar-refractivity contribution >= 4 is 108 Å². The van der Waals surface area contributed by atoms with Crippen molar-refractivity contribution in [3.63, 3.8) is 0 Å². The van der Waals surface area contributed by atoms with Crippen molar-refractivity contribution in [3.8, 4) is 0 Å². The van der Waals surface area contributed by atoms with Crippen molar-refractivity contribution in [1.29, 1.82) is 0 Å². The molecule has 2 heterocycles. The van der Waals surface area contributed by atoms with Crippen LogP contribution in [0.1, 0.15) is 11.1 Å². The fourth-order valence-corrected chi connectivity index (χ4v) is 10.3. The highest BCUT2D eigenvalue weighted by Gasteiger charge is 2.27. The summed E-state index contributed by atoms with van der Waals surface area (Å²) in [6.45, 7) is 1.63. The summed E-state index contributed by atoms with van der Waals surface area (Å²) in [4.78, 5) is 0. The van der Waals surface area contributed by atoms with Crippen LogP contribution >= 0.6 is 0 Å². The summed E-state index contributed by atoms with van der Waals surface area (Å²) in [7, 11) is 0. The molecule has 2 heteroatoms. The molecule has 0 saturated heterocycles. The molecule has 0 aliphatic heterocycles. The quantitative estimate of drug-likeness (QED) is 0.167. The maximum atomic E-state index is 2.59. The molecule has 2 nitrogen and oxygen atoms in total. The molecule has 240 valence electrons. The fourth-order valence-electron chi connectivity index (χ4n) is 10.3. The van der Waals surface area contributed by atoms with E-state index in [0.717, 1.165) is 13.1 Å². The number of benzene rings is 10. The Labute approximate surface area is 298 Å². The normalized spacial score (nSPS) is 12.8. The van der Waals surface area contributed by atoms with Crippen molar-refractivity contribution < 1.29 is 0 Å². The molecule has 0 aliphatic carbocycles. The van der Waals surface area contributed by atoms with E-state index in [2.05, 4.69) is 167 Å². The Balaban J connectivity index is 1.39. The van der Waals surface area contributed by atoms with E-state index in [0.29, 0.717) is 0 Å². The van der Waals surface area contributed by atoms with Gasteiger partial charge in [0.1, 0.15) is 0 Å². The monoisotopic (exact) mass is 658 g/mol. The standard InChI is InChI=1S/C50H30N2/c1-3-11-29(12-4-1)27-51-39-23-19-35-31-15-7-9-17-33(31)37-21-25-41-49-45(37)43(35)47(39)48-40(51)24-20-36-32-16-8-10-18-34(32)38-22-26-42(50(49)46(38)44(36)48)52(41)28-30-13-5-2-6-14-30/h1-26H,27-28H2. The van der Waals surface area contributed by atoms with Crippen LogP contribution < -0.4 is 0 Å². The topological polar surface area (TPSA) is 9.86 Å². The Morgan fingerprint density at radius 2 is 0.500 bits per heavy atom. The Kier molecular flexibility index (Phi) is 4.99. The van der Waals surface area contributed by atoms with Gasteiger partial charge in [-0.15, -0.1) is 0 Å². The number of hydrogen-bond acceptors (Lipinski definition) is 0. The first-order valence-corrected chi connectivity index (χ1v) is 18.4. The number of fused-ring (bicyclic) bond motifs is 6. The molecule has 2 aromatic heterocycles. The van der Waals surface area contributed by atoms with Crippen LogP contribution in [0.4, 0.5) is 0 Å². The highest BCUT2D eigenvalue weighted by Crippen LogP contribution is 2.53. The minimum atomic E-state index is 0.815. The van der Waals surface area contributed by atoms with Crippen molar-refractivity contribution in [1.82, 2.24) is 9.13 Å². The van der Waals surface area contributed by atoms with E-state index in [9.17, 15) is 0 Å². The molecule has 0 atom stereocenters. The highest BCUT2D eigenvalue weighted by atomic mass is 15.0. The van der Waals surface area contributed by atoms with Crippen LogP contribution in [0.25, 0.3) is 108 Å². The lowest BCUT2D eigenvalue weighted by Crippen LogP contribution is -1.99. The first kappa shape index (κ1) is 27.1. The predicted octanol–water partition coefficient (Wildman–Crippen LogP) is 13.2. The third-order valence-corrected chi connectivity index (χ3v) is 12.3. The molecule has 0 unspecified atom stereocenters. The van der Waals surface area contributed by atoms with Gasteiger partial charge in [-0.05, 0) is 78.5 Å². The molecular formula is C50H30N2. The molecule has 11 aromatic carbocycles.